The van der Waals surface area contributed by atoms with Crippen molar-refractivity contribution < 1.29 is 14.5 Å². The maximum atomic E-state index is 11.7. The zero-order valence-electron chi connectivity index (χ0n) is 14.0. The molecular weight excluding hydrogens is 284 g/mol. The summed E-state index contributed by atoms with van der Waals surface area (Å²) in [6.45, 7) is 11.6. The molecule has 1 aromatic carbocycles. The SMILES string of the molecule is CC(C)(C)NC(=O)OCc1cc([N+](=O)[O-])ccc1C(C)(C)C. The predicted molar refractivity (Wildman–Crippen MR) is 84.9 cm³/mol. The van der Waals surface area contributed by atoms with Crippen LogP contribution < -0.4 is 5.32 Å². The first-order valence-electron chi connectivity index (χ1n) is 7.13. The number of carbonyl (C=O) groups is 1. The van der Waals surface area contributed by atoms with Gasteiger partial charge in [-0.15, -0.1) is 0 Å². The van der Waals surface area contributed by atoms with E-state index in [9.17, 15) is 14.9 Å². The van der Waals surface area contributed by atoms with Gasteiger partial charge in [-0.2, -0.15) is 0 Å². The fourth-order valence-electron chi connectivity index (χ4n) is 2.03. The Labute approximate surface area is 131 Å². The predicted octanol–water partition coefficient (Wildman–Crippen LogP) is 3.92. The lowest BCUT2D eigenvalue weighted by molar-refractivity contribution is -0.385. The Hall–Kier alpha value is -2.11. The average Bonchev–Trinajstić information content (AvgIpc) is 2.32. The van der Waals surface area contributed by atoms with Crippen molar-refractivity contribution in [2.45, 2.75) is 59.1 Å². The fraction of sp³-hybridized carbons (Fsp3) is 0.562. The molecular formula is C16H24N2O4. The molecule has 0 radical (unpaired) electrons. The molecule has 0 bridgehead atoms. The number of nitrogens with one attached hydrogen (secondary N) is 1. The molecule has 0 spiro atoms. The van der Waals surface area contributed by atoms with Crippen LogP contribution in [0.25, 0.3) is 0 Å². The fourth-order valence-corrected chi connectivity index (χ4v) is 2.03. The van der Waals surface area contributed by atoms with E-state index in [1.807, 2.05) is 41.5 Å². The van der Waals surface area contributed by atoms with Gasteiger partial charge < -0.3 is 10.1 Å². The number of alkyl carbamates (subject to hydrolysis) is 1. The Morgan fingerprint density at radius 3 is 2.27 bits per heavy atom. The highest BCUT2D eigenvalue weighted by atomic mass is 16.6. The molecule has 0 aliphatic carbocycles. The summed E-state index contributed by atoms with van der Waals surface area (Å²) in [5, 5.41) is 13.6. The van der Waals surface area contributed by atoms with E-state index < -0.39 is 16.6 Å². The van der Waals surface area contributed by atoms with Gasteiger partial charge in [-0.25, -0.2) is 4.79 Å². The Bertz CT molecular complexity index is 568. The van der Waals surface area contributed by atoms with Gasteiger partial charge in [-0.3, -0.25) is 10.1 Å². The largest absolute Gasteiger partial charge is 0.445 e. The van der Waals surface area contributed by atoms with Crippen molar-refractivity contribution in [3.63, 3.8) is 0 Å². The molecule has 0 aliphatic rings. The molecule has 0 heterocycles. The highest BCUT2D eigenvalue weighted by Gasteiger charge is 2.22. The van der Waals surface area contributed by atoms with Crippen LogP contribution in [0.2, 0.25) is 0 Å². The van der Waals surface area contributed by atoms with Gasteiger partial charge in [-0.05, 0) is 37.3 Å². The third-order valence-corrected chi connectivity index (χ3v) is 2.94. The minimum Gasteiger partial charge on any atom is -0.445 e. The third kappa shape index (κ3) is 5.35. The maximum Gasteiger partial charge on any atom is 0.407 e. The molecule has 0 aromatic heterocycles. The quantitative estimate of drug-likeness (QED) is 0.678. The number of benzene rings is 1. The highest BCUT2D eigenvalue weighted by molar-refractivity contribution is 5.68. The zero-order chi connectivity index (χ0) is 17.1. The minimum absolute atomic E-state index is 0.00377. The first-order chi connectivity index (χ1) is 9.90. The number of nitro groups is 1. The number of carbonyl (C=O) groups excluding carboxylic acids is 1. The number of hydrogen-bond donors (Lipinski definition) is 1. The molecule has 0 fully saturated rings. The second kappa shape index (κ2) is 6.34. The maximum absolute atomic E-state index is 11.7. The molecule has 0 atom stereocenters. The number of amides is 1. The van der Waals surface area contributed by atoms with Gasteiger partial charge in [0.25, 0.3) is 5.69 Å². The van der Waals surface area contributed by atoms with Gasteiger partial charge >= 0.3 is 6.09 Å². The number of ether oxygens (including phenoxy) is 1. The van der Waals surface area contributed by atoms with Crippen molar-refractivity contribution in [2.24, 2.45) is 0 Å². The summed E-state index contributed by atoms with van der Waals surface area (Å²) >= 11 is 0. The topological polar surface area (TPSA) is 81.5 Å². The van der Waals surface area contributed by atoms with E-state index in [0.29, 0.717) is 5.56 Å². The molecule has 6 heteroatoms. The van der Waals surface area contributed by atoms with Crippen LogP contribution in [0.15, 0.2) is 18.2 Å². The lowest BCUT2D eigenvalue weighted by Gasteiger charge is -2.24. The average molecular weight is 308 g/mol. The number of non-ortho nitro benzene ring substituents is 1. The van der Waals surface area contributed by atoms with Crippen molar-refractivity contribution in [3.05, 3.63) is 39.4 Å². The van der Waals surface area contributed by atoms with Crippen molar-refractivity contribution in [3.8, 4) is 0 Å². The smallest absolute Gasteiger partial charge is 0.407 e. The molecule has 0 saturated carbocycles. The summed E-state index contributed by atoms with van der Waals surface area (Å²) in [5.74, 6) is 0. The second-order valence-corrected chi connectivity index (χ2v) is 7.30. The summed E-state index contributed by atoms with van der Waals surface area (Å²) in [7, 11) is 0. The van der Waals surface area contributed by atoms with Gasteiger partial charge in [0.15, 0.2) is 0 Å². The van der Waals surface area contributed by atoms with Crippen LogP contribution in [0, 0.1) is 10.1 Å². The highest BCUT2D eigenvalue weighted by Crippen LogP contribution is 2.29. The molecule has 22 heavy (non-hydrogen) atoms. The van der Waals surface area contributed by atoms with Crippen LogP contribution in [0.1, 0.15) is 52.7 Å². The van der Waals surface area contributed by atoms with Crippen molar-refractivity contribution >= 4 is 11.8 Å². The van der Waals surface area contributed by atoms with Crippen LogP contribution in [0.5, 0.6) is 0 Å². The number of rotatable bonds is 3. The Balaban J connectivity index is 2.98. The van der Waals surface area contributed by atoms with Crippen LogP contribution in [-0.2, 0) is 16.8 Å². The minimum atomic E-state index is -0.543. The molecule has 1 rings (SSSR count). The molecule has 0 aliphatic heterocycles. The van der Waals surface area contributed by atoms with Gasteiger partial charge in [-0.1, -0.05) is 26.8 Å². The van der Waals surface area contributed by atoms with Crippen LogP contribution in [0.4, 0.5) is 10.5 Å². The summed E-state index contributed by atoms with van der Waals surface area (Å²) in [4.78, 5) is 22.2. The molecule has 6 nitrogen and oxygen atoms in total. The molecule has 1 amide bonds. The van der Waals surface area contributed by atoms with Gasteiger partial charge in [0, 0.05) is 17.7 Å². The summed E-state index contributed by atoms with van der Waals surface area (Å²) in [6.07, 6.45) is -0.543. The summed E-state index contributed by atoms with van der Waals surface area (Å²) in [6, 6.07) is 4.66. The summed E-state index contributed by atoms with van der Waals surface area (Å²) < 4.78 is 5.20. The van der Waals surface area contributed by atoms with Crippen LogP contribution in [-0.4, -0.2) is 16.6 Å². The van der Waals surface area contributed by atoms with E-state index in [0.717, 1.165) is 5.56 Å². The third-order valence-electron chi connectivity index (χ3n) is 2.94. The first kappa shape index (κ1) is 17.9. The number of nitro benzene ring substituents is 1. The van der Waals surface area contributed by atoms with Crippen LogP contribution >= 0.6 is 0 Å². The molecule has 1 aromatic rings. The van der Waals surface area contributed by atoms with Crippen molar-refractivity contribution in [1.29, 1.82) is 0 Å². The standard InChI is InChI=1S/C16H24N2O4/c1-15(2,3)13-8-7-12(18(20)21)9-11(13)10-22-14(19)17-16(4,5)6/h7-9H,10H2,1-6H3,(H,17,19). The number of hydrogen-bond acceptors (Lipinski definition) is 4. The molecule has 1 N–H and O–H groups in total. The number of nitrogens with zero attached hydrogens (tertiary/aromatic N) is 1. The normalized spacial score (nSPS) is 11.9. The van der Waals surface area contributed by atoms with E-state index in [1.54, 1.807) is 6.07 Å². The van der Waals surface area contributed by atoms with E-state index in [4.69, 9.17) is 4.74 Å². The first-order valence-corrected chi connectivity index (χ1v) is 7.13. The lowest BCUT2D eigenvalue weighted by Crippen LogP contribution is -2.40. The zero-order valence-corrected chi connectivity index (χ0v) is 14.0. The summed E-state index contributed by atoms with van der Waals surface area (Å²) in [5.41, 5.74) is 0.955. The van der Waals surface area contributed by atoms with E-state index in [1.165, 1.54) is 12.1 Å². The second-order valence-electron chi connectivity index (χ2n) is 7.30. The van der Waals surface area contributed by atoms with E-state index in [2.05, 4.69) is 5.32 Å². The van der Waals surface area contributed by atoms with Gasteiger partial charge in [0.05, 0.1) is 4.92 Å². The van der Waals surface area contributed by atoms with E-state index >= 15 is 0 Å². The molecule has 0 saturated heterocycles. The molecule has 0 unspecified atom stereocenters. The van der Waals surface area contributed by atoms with Crippen molar-refractivity contribution in [1.82, 2.24) is 5.32 Å². The monoisotopic (exact) mass is 308 g/mol. The lowest BCUT2D eigenvalue weighted by atomic mass is 9.84. The van der Waals surface area contributed by atoms with Crippen LogP contribution in [0.3, 0.4) is 0 Å². The molecule has 122 valence electrons. The van der Waals surface area contributed by atoms with Gasteiger partial charge in [0.1, 0.15) is 6.61 Å². The van der Waals surface area contributed by atoms with E-state index in [-0.39, 0.29) is 17.7 Å². The van der Waals surface area contributed by atoms with Crippen molar-refractivity contribution in [2.75, 3.05) is 0 Å². The van der Waals surface area contributed by atoms with Gasteiger partial charge in [0.2, 0.25) is 0 Å². The Morgan fingerprint density at radius 2 is 1.82 bits per heavy atom. The Kier molecular flexibility index (Phi) is 5.17. The Morgan fingerprint density at radius 1 is 1.23 bits per heavy atom.